The Kier molecular flexibility index (Phi) is 7.59. The lowest BCUT2D eigenvalue weighted by Crippen LogP contribution is -2.27. The zero-order chi connectivity index (χ0) is 27.0. The molecule has 4 aromatic rings. The molecule has 3 aromatic heterocycles. The summed E-state index contributed by atoms with van der Waals surface area (Å²) in [7, 11) is -3.50. The number of aryl methyl sites for hydroxylation is 3. The average Bonchev–Trinajstić information content (AvgIpc) is 3.46. The average molecular weight is 541 g/mol. The SMILES string of the molecule is CCc1ccc2c(c(C)nn2COCC[Si](C)(C)C)c1N(C)S(=O)(=O)c1cnn(-c2cc(C)ccn2)c1. The maximum Gasteiger partial charge on any atom is 0.267 e. The smallest absolute Gasteiger partial charge is 0.267 e. The van der Waals surface area contributed by atoms with Crippen molar-refractivity contribution in [3.8, 4) is 5.82 Å². The van der Waals surface area contributed by atoms with E-state index in [1.165, 1.54) is 21.4 Å². The Labute approximate surface area is 220 Å². The predicted octanol–water partition coefficient (Wildman–Crippen LogP) is 4.93. The highest BCUT2D eigenvalue weighted by Gasteiger charge is 2.28. The van der Waals surface area contributed by atoms with Crippen LogP contribution in [0.2, 0.25) is 25.7 Å². The van der Waals surface area contributed by atoms with Gasteiger partial charge in [0.05, 0.1) is 29.3 Å². The quantitative estimate of drug-likeness (QED) is 0.209. The van der Waals surface area contributed by atoms with E-state index in [-0.39, 0.29) is 4.90 Å². The number of sulfonamides is 1. The van der Waals surface area contributed by atoms with Gasteiger partial charge < -0.3 is 4.74 Å². The van der Waals surface area contributed by atoms with Gasteiger partial charge in [0.25, 0.3) is 10.0 Å². The molecule has 0 fully saturated rings. The Morgan fingerprint density at radius 2 is 1.89 bits per heavy atom. The number of ether oxygens (including phenoxy) is 1. The maximum atomic E-state index is 13.8. The van der Waals surface area contributed by atoms with Crippen LogP contribution in [0.15, 0.2) is 47.8 Å². The van der Waals surface area contributed by atoms with Gasteiger partial charge >= 0.3 is 0 Å². The molecule has 0 bridgehead atoms. The lowest BCUT2D eigenvalue weighted by atomic mass is 10.1. The summed E-state index contributed by atoms with van der Waals surface area (Å²) in [5.74, 6) is 0.562. The minimum Gasteiger partial charge on any atom is -0.360 e. The van der Waals surface area contributed by atoms with E-state index in [1.54, 1.807) is 13.2 Å². The highest BCUT2D eigenvalue weighted by Crippen LogP contribution is 2.36. The summed E-state index contributed by atoms with van der Waals surface area (Å²) in [4.78, 5) is 4.40. The first-order valence-corrected chi connectivity index (χ1v) is 17.6. The first-order chi connectivity index (χ1) is 17.4. The summed E-state index contributed by atoms with van der Waals surface area (Å²) in [5, 5.41) is 9.79. The number of rotatable bonds is 10. The van der Waals surface area contributed by atoms with Gasteiger partial charge in [0, 0.05) is 33.3 Å². The van der Waals surface area contributed by atoms with Gasteiger partial charge in [0.2, 0.25) is 0 Å². The molecule has 0 N–H and O–H groups in total. The molecule has 0 spiro atoms. The van der Waals surface area contributed by atoms with Crippen molar-refractivity contribution in [1.82, 2.24) is 24.5 Å². The summed E-state index contributed by atoms with van der Waals surface area (Å²) in [6.07, 6.45) is 5.22. The fourth-order valence-corrected chi connectivity index (χ4v) is 6.18. The highest BCUT2D eigenvalue weighted by atomic mass is 32.2. The molecule has 198 valence electrons. The largest absolute Gasteiger partial charge is 0.360 e. The number of anilines is 1. The first-order valence-electron chi connectivity index (χ1n) is 12.5. The Morgan fingerprint density at radius 3 is 2.57 bits per heavy atom. The van der Waals surface area contributed by atoms with Gasteiger partial charge in [0.1, 0.15) is 11.6 Å². The third kappa shape index (κ3) is 5.63. The maximum absolute atomic E-state index is 13.8. The molecule has 0 radical (unpaired) electrons. The normalized spacial score (nSPS) is 12.4. The van der Waals surface area contributed by atoms with Gasteiger partial charge in [-0.15, -0.1) is 0 Å². The van der Waals surface area contributed by atoms with Crippen LogP contribution in [0, 0.1) is 13.8 Å². The Morgan fingerprint density at radius 1 is 1.14 bits per heavy atom. The predicted molar refractivity (Wildman–Crippen MR) is 150 cm³/mol. The van der Waals surface area contributed by atoms with Gasteiger partial charge in [-0.3, -0.25) is 4.31 Å². The van der Waals surface area contributed by atoms with Crippen molar-refractivity contribution in [2.75, 3.05) is 18.0 Å². The summed E-state index contributed by atoms with van der Waals surface area (Å²) >= 11 is 0. The summed E-state index contributed by atoms with van der Waals surface area (Å²) in [5.41, 5.74) is 4.18. The first kappa shape index (κ1) is 27.0. The van der Waals surface area contributed by atoms with Crippen LogP contribution >= 0.6 is 0 Å². The molecule has 0 saturated heterocycles. The molecule has 0 amide bonds. The zero-order valence-electron chi connectivity index (χ0n) is 22.7. The molecule has 3 heterocycles. The molecule has 4 rings (SSSR count). The fraction of sp³-hybridized carbons (Fsp3) is 0.423. The van der Waals surface area contributed by atoms with Crippen molar-refractivity contribution < 1.29 is 13.2 Å². The van der Waals surface area contributed by atoms with Crippen LogP contribution in [0.5, 0.6) is 0 Å². The third-order valence-electron chi connectivity index (χ3n) is 6.41. The van der Waals surface area contributed by atoms with Gasteiger partial charge in [0.15, 0.2) is 5.82 Å². The number of nitrogens with zero attached hydrogens (tertiary/aromatic N) is 6. The second-order valence-corrected chi connectivity index (χ2v) is 18.1. The number of hydrogen-bond donors (Lipinski definition) is 0. The number of benzene rings is 1. The van der Waals surface area contributed by atoms with Crippen molar-refractivity contribution in [2.45, 2.75) is 64.5 Å². The third-order valence-corrected chi connectivity index (χ3v) is 9.82. The van der Waals surface area contributed by atoms with Gasteiger partial charge in [-0.2, -0.15) is 10.2 Å². The number of pyridine rings is 1. The molecule has 9 nitrogen and oxygen atoms in total. The monoisotopic (exact) mass is 540 g/mol. The van der Waals surface area contributed by atoms with Crippen molar-refractivity contribution in [1.29, 1.82) is 0 Å². The van der Waals surface area contributed by atoms with Crippen LogP contribution in [0.1, 0.15) is 23.7 Å². The van der Waals surface area contributed by atoms with E-state index in [1.807, 2.05) is 49.7 Å². The van der Waals surface area contributed by atoms with Crippen LogP contribution in [0.25, 0.3) is 16.7 Å². The van der Waals surface area contributed by atoms with E-state index in [2.05, 4.69) is 29.7 Å². The van der Waals surface area contributed by atoms with Crippen LogP contribution in [0.4, 0.5) is 5.69 Å². The van der Waals surface area contributed by atoms with Crippen LogP contribution in [0.3, 0.4) is 0 Å². The molecule has 0 aliphatic carbocycles. The Bertz CT molecular complexity index is 1520. The highest BCUT2D eigenvalue weighted by molar-refractivity contribution is 7.92. The second-order valence-electron chi connectivity index (χ2n) is 10.5. The lowest BCUT2D eigenvalue weighted by Gasteiger charge is -2.23. The zero-order valence-corrected chi connectivity index (χ0v) is 24.5. The second kappa shape index (κ2) is 10.4. The number of hydrogen-bond acceptors (Lipinski definition) is 6. The molecule has 11 heteroatoms. The summed E-state index contributed by atoms with van der Waals surface area (Å²) in [6.45, 7) is 13.8. The summed E-state index contributed by atoms with van der Waals surface area (Å²) < 4.78 is 38.2. The van der Waals surface area contributed by atoms with Crippen molar-refractivity contribution in [3.63, 3.8) is 0 Å². The van der Waals surface area contributed by atoms with Crippen molar-refractivity contribution in [3.05, 3.63) is 59.7 Å². The summed E-state index contributed by atoms with van der Waals surface area (Å²) in [6, 6.07) is 8.78. The van der Waals surface area contributed by atoms with E-state index in [9.17, 15) is 8.42 Å². The topological polar surface area (TPSA) is 95.1 Å². The molecule has 0 aliphatic heterocycles. The van der Waals surface area contributed by atoms with Crippen molar-refractivity contribution >= 4 is 34.7 Å². The minimum atomic E-state index is -3.90. The molecule has 1 aromatic carbocycles. The van der Waals surface area contributed by atoms with Crippen molar-refractivity contribution in [2.24, 2.45) is 0 Å². The van der Waals surface area contributed by atoms with E-state index < -0.39 is 18.1 Å². The van der Waals surface area contributed by atoms with E-state index in [0.717, 1.165) is 33.8 Å². The number of fused-ring (bicyclic) bond motifs is 1. The minimum absolute atomic E-state index is 0.0945. The van der Waals surface area contributed by atoms with Crippen LogP contribution < -0.4 is 4.31 Å². The van der Waals surface area contributed by atoms with E-state index in [0.29, 0.717) is 31.3 Å². The molecule has 37 heavy (non-hydrogen) atoms. The van der Waals surface area contributed by atoms with Gasteiger partial charge in [-0.25, -0.2) is 22.8 Å². The van der Waals surface area contributed by atoms with Crippen LogP contribution in [-0.2, 0) is 27.9 Å². The fourth-order valence-electron chi connectivity index (χ4n) is 4.24. The van der Waals surface area contributed by atoms with E-state index in [4.69, 9.17) is 9.84 Å². The molecule has 0 aliphatic rings. The molecular weight excluding hydrogens is 504 g/mol. The van der Waals surface area contributed by atoms with Crippen LogP contribution in [-0.4, -0.2) is 54.7 Å². The van der Waals surface area contributed by atoms with Gasteiger partial charge in [-0.1, -0.05) is 32.6 Å². The lowest BCUT2D eigenvalue weighted by molar-refractivity contribution is 0.0815. The standard InChI is InChI=1S/C26H36N6O3SSi/c1-8-21-9-10-23-25(20(3)29-32(23)18-35-13-14-37(5,6)7)26(21)30(4)36(33,34)22-16-28-31(17-22)24-15-19(2)11-12-27-24/h9-12,15-17H,8,13-14,18H2,1-7H3. The van der Waals surface area contributed by atoms with E-state index >= 15 is 0 Å². The Balaban J connectivity index is 1.70. The Hall–Kier alpha value is -3.02. The molecule has 0 saturated carbocycles. The van der Waals surface area contributed by atoms with Gasteiger partial charge in [-0.05, 0) is 55.6 Å². The molecular formula is C26H36N6O3SSi. The number of aromatic nitrogens is 5. The molecule has 0 atom stereocenters. The molecule has 0 unspecified atom stereocenters.